The molecule has 8 aromatic carbocycles. The Morgan fingerprint density at radius 2 is 1.12 bits per heavy atom. The van der Waals surface area contributed by atoms with Crippen molar-refractivity contribution in [3.8, 4) is 28.3 Å². The highest BCUT2D eigenvalue weighted by atomic mass is 16.3. The van der Waals surface area contributed by atoms with Gasteiger partial charge >= 0.3 is 0 Å². The highest BCUT2D eigenvalue weighted by Gasteiger charge is 2.21. The van der Waals surface area contributed by atoms with Crippen molar-refractivity contribution in [3.63, 3.8) is 0 Å². The molecule has 10 rings (SSSR count). The van der Waals surface area contributed by atoms with Crippen LogP contribution >= 0.6 is 0 Å². The Hall–Kier alpha value is -6.91. The van der Waals surface area contributed by atoms with Crippen LogP contribution in [-0.4, -0.2) is 9.55 Å². The maximum absolute atomic E-state index is 6.41. The van der Waals surface area contributed by atoms with E-state index in [1.165, 1.54) is 21.8 Å². The first-order chi connectivity index (χ1) is 25.3. The standard InChI is InChI=1S/C47H31N3O/c1-4-14-32(15-5-1)38-20-10-12-22-43(38)49(36-25-27-39-34(30-36)24-28-42-46(39)51-47(48-42)33-16-6-2-7-17-33)37-26-29-45-41(31-37)40-21-11-13-23-44(40)50(45)35-18-8-3-9-19-35/h1-31H. The van der Waals surface area contributed by atoms with Gasteiger partial charge in [-0.2, -0.15) is 0 Å². The van der Waals surface area contributed by atoms with Gasteiger partial charge in [-0.3, -0.25) is 0 Å². The van der Waals surface area contributed by atoms with E-state index in [1.54, 1.807) is 0 Å². The summed E-state index contributed by atoms with van der Waals surface area (Å²) in [5.41, 5.74) is 11.7. The molecule has 0 spiro atoms. The van der Waals surface area contributed by atoms with Gasteiger partial charge in [0.25, 0.3) is 0 Å². The van der Waals surface area contributed by atoms with E-state index in [-0.39, 0.29) is 0 Å². The van der Waals surface area contributed by atoms with E-state index in [0.29, 0.717) is 5.89 Å². The zero-order valence-corrected chi connectivity index (χ0v) is 27.6. The lowest BCUT2D eigenvalue weighted by Crippen LogP contribution is -2.11. The van der Waals surface area contributed by atoms with Crippen molar-refractivity contribution in [1.82, 2.24) is 9.55 Å². The van der Waals surface area contributed by atoms with Gasteiger partial charge in [-0.05, 0) is 89.8 Å². The molecule has 0 radical (unpaired) electrons. The fraction of sp³-hybridized carbons (Fsp3) is 0. The fourth-order valence-corrected chi connectivity index (χ4v) is 7.46. The number of aromatic nitrogens is 2. The van der Waals surface area contributed by atoms with Crippen molar-refractivity contribution >= 4 is 60.7 Å². The van der Waals surface area contributed by atoms with Gasteiger partial charge in [-0.25, -0.2) is 4.98 Å². The number of benzene rings is 8. The Balaban J connectivity index is 1.20. The first-order valence-corrected chi connectivity index (χ1v) is 17.2. The summed E-state index contributed by atoms with van der Waals surface area (Å²) in [5.74, 6) is 0.628. The van der Waals surface area contributed by atoms with Gasteiger partial charge in [0.05, 0.1) is 16.7 Å². The average molecular weight is 654 g/mol. The van der Waals surface area contributed by atoms with Crippen LogP contribution in [0.2, 0.25) is 0 Å². The molecule has 4 heteroatoms. The van der Waals surface area contributed by atoms with Crippen molar-refractivity contribution in [2.75, 3.05) is 4.90 Å². The van der Waals surface area contributed by atoms with E-state index in [0.717, 1.165) is 61.3 Å². The molecule has 2 heterocycles. The Morgan fingerprint density at radius 3 is 1.94 bits per heavy atom. The number of para-hydroxylation sites is 3. The first-order valence-electron chi connectivity index (χ1n) is 17.2. The molecule has 0 saturated carbocycles. The van der Waals surface area contributed by atoms with Crippen LogP contribution in [-0.2, 0) is 0 Å². The Kier molecular flexibility index (Phi) is 6.78. The number of anilines is 3. The van der Waals surface area contributed by atoms with Crippen LogP contribution in [0.25, 0.3) is 71.9 Å². The molecule has 0 N–H and O–H groups in total. The van der Waals surface area contributed by atoms with Crippen molar-refractivity contribution in [2.24, 2.45) is 0 Å². The topological polar surface area (TPSA) is 34.2 Å². The first kappa shape index (κ1) is 29.0. The molecule has 240 valence electrons. The van der Waals surface area contributed by atoms with Crippen LogP contribution in [0.4, 0.5) is 17.1 Å². The minimum absolute atomic E-state index is 0.628. The van der Waals surface area contributed by atoms with E-state index >= 15 is 0 Å². The van der Waals surface area contributed by atoms with Crippen molar-refractivity contribution < 1.29 is 4.42 Å². The molecule has 0 saturated heterocycles. The Bertz CT molecular complexity index is 2850. The van der Waals surface area contributed by atoms with E-state index in [4.69, 9.17) is 9.40 Å². The summed E-state index contributed by atoms with van der Waals surface area (Å²) in [6.45, 7) is 0. The predicted octanol–water partition coefficient (Wildman–Crippen LogP) is 12.9. The molecular formula is C47H31N3O. The van der Waals surface area contributed by atoms with Gasteiger partial charge in [0.1, 0.15) is 5.52 Å². The van der Waals surface area contributed by atoms with E-state index in [1.807, 2.05) is 30.3 Å². The molecule has 0 amide bonds. The summed E-state index contributed by atoms with van der Waals surface area (Å²) in [7, 11) is 0. The van der Waals surface area contributed by atoms with E-state index in [9.17, 15) is 0 Å². The third-order valence-electron chi connectivity index (χ3n) is 9.79. The maximum atomic E-state index is 6.41. The van der Waals surface area contributed by atoms with Crippen molar-refractivity contribution in [2.45, 2.75) is 0 Å². The molecule has 0 bridgehead atoms. The fourth-order valence-electron chi connectivity index (χ4n) is 7.46. The SMILES string of the molecule is c1ccc(-c2nc3ccc4cc(N(c5ccc6c(c5)c5ccccc5n6-c5ccccc5)c5ccccc5-c5ccccc5)ccc4c3o2)cc1. The van der Waals surface area contributed by atoms with Crippen LogP contribution < -0.4 is 4.90 Å². The second-order valence-corrected chi connectivity index (χ2v) is 12.8. The number of hydrogen-bond acceptors (Lipinski definition) is 3. The molecule has 0 fully saturated rings. The normalized spacial score (nSPS) is 11.5. The second-order valence-electron chi connectivity index (χ2n) is 12.8. The van der Waals surface area contributed by atoms with E-state index < -0.39 is 0 Å². The largest absolute Gasteiger partial charge is 0.435 e. The molecule has 10 aromatic rings. The van der Waals surface area contributed by atoms with Crippen LogP contribution in [0, 0.1) is 0 Å². The second kappa shape index (κ2) is 11.9. The molecular weight excluding hydrogens is 623 g/mol. The summed E-state index contributed by atoms with van der Waals surface area (Å²) in [6, 6.07) is 66.4. The zero-order chi connectivity index (χ0) is 33.7. The Morgan fingerprint density at radius 1 is 0.471 bits per heavy atom. The number of hydrogen-bond donors (Lipinski definition) is 0. The molecule has 4 nitrogen and oxygen atoms in total. The molecule has 0 aliphatic heterocycles. The maximum Gasteiger partial charge on any atom is 0.227 e. The average Bonchev–Trinajstić information content (AvgIpc) is 3.79. The quantitative estimate of drug-likeness (QED) is 0.179. The number of fused-ring (bicyclic) bond motifs is 6. The van der Waals surface area contributed by atoms with Gasteiger partial charge in [0.2, 0.25) is 5.89 Å². The van der Waals surface area contributed by atoms with Crippen LogP contribution in [0.1, 0.15) is 0 Å². The monoisotopic (exact) mass is 653 g/mol. The van der Waals surface area contributed by atoms with Gasteiger partial charge < -0.3 is 13.9 Å². The molecule has 0 unspecified atom stereocenters. The molecule has 2 aromatic heterocycles. The minimum atomic E-state index is 0.628. The van der Waals surface area contributed by atoms with Crippen LogP contribution in [0.5, 0.6) is 0 Å². The highest BCUT2D eigenvalue weighted by molar-refractivity contribution is 6.11. The van der Waals surface area contributed by atoms with Gasteiger partial charge in [-0.1, -0.05) is 109 Å². The van der Waals surface area contributed by atoms with Gasteiger partial charge in [0.15, 0.2) is 5.58 Å². The van der Waals surface area contributed by atoms with E-state index in [2.05, 4.69) is 167 Å². The highest BCUT2D eigenvalue weighted by Crippen LogP contribution is 2.44. The zero-order valence-electron chi connectivity index (χ0n) is 27.6. The number of rotatable bonds is 6. The lowest BCUT2D eigenvalue weighted by molar-refractivity contribution is 0.623. The van der Waals surface area contributed by atoms with Crippen molar-refractivity contribution in [3.05, 3.63) is 188 Å². The summed E-state index contributed by atoms with van der Waals surface area (Å²) >= 11 is 0. The van der Waals surface area contributed by atoms with Gasteiger partial charge in [-0.15, -0.1) is 0 Å². The van der Waals surface area contributed by atoms with Crippen LogP contribution in [0.15, 0.2) is 192 Å². The van der Waals surface area contributed by atoms with Crippen LogP contribution in [0.3, 0.4) is 0 Å². The summed E-state index contributed by atoms with van der Waals surface area (Å²) in [6.07, 6.45) is 0. The molecule has 0 atom stereocenters. The molecule has 51 heavy (non-hydrogen) atoms. The molecule has 0 aliphatic carbocycles. The summed E-state index contributed by atoms with van der Waals surface area (Å²) < 4.78 is 8.77. The number of oxazole rings is 1. The third kappa shape index (κ3) is 4.88. The summed E-state index contributed by atoms with van der Waals surface area (Å²) in [4.78, 5) is 7.21. The summed E-state index contributed by atoms with van der Waals surface area (Å²) in [5, 5.41) is 4.53. The Labute approximate surface area is 295 Å². The minimum Gasteiger partial charge on any atom is -0.435 e. The third-order valence-corrected chi connectivity index (χ3v) is 9.79. The lowest BCUT2D eigenvalue weighted by atomic mass is 10.0. The number of nitrogens with zero attached hydrogens (tertiary/aromatic N) is 3. The lowest BCUT2D eigenvalue weighted by Gasteiger charge is -2.28. The van der Waals surface area contributed by atoms with Crippen molar-refractivity contribution in [1.29, 1.82) is 0 Å². The predicted molar refractivity (Wildman–Crippen MR) is 211 cm³/mol. The van der Waals surface area contributed by atoms with Gasteiger partial charge in [0, 0.05) is 44.3 Å². The molecule has 0 aliphatic rings. The smallest absolute Gasteiger partial charge is 0.227 e.